The van der Waals surface area contributed by atoms with Gasteiger partial charge in [0, 0.05) is 27.7 Å². The SMILES string of the molecule is Cc1ccc(C2(c3ccc(C)cc3)NC(=O)N(CC(=O)c3cc(C)n(-c4ccc(Cl)cc4)c3C)C2=O)cc1. The van der Waals surface area contributed by atoms with Crippen LogP contribution in [0.2, 0.25) is 5.02 Å². The molecule has 1 aliphatic heterocycles. The van der Waals surface area contributed by atoms with Crippen molar-refractivity contribution < 1.29 is 14.4 Å². The van der Waals surface area contributed by atoms with Gasteiger partial charge in [-0.2, -0.15) is 0 Å². The number of imide groups is 1. The summed E-state index contributed by atoms with van der Waals surface area (Å²) in [6.07, 6.45) is 0. The van der Waals surface area contributed by atoms with Crippen molar-refractivity contribution in [2.24, 2.45) is 0 Å². The Hall–Kier alpha value is -4.16. The van der Waals surface area contributed by atoms with Crippen molar-refractivity contribution in [2.45, 2.75) is 33.2 Å². The van der Waals surface area contributed by atoms with Crippen LogP contribution >= 0.6 is 11.6 Å². The molecule has 2 heterocycles. The largest absolute Gasteiger partial charge is 0.325 e. The van der Waals surface area contributed by atoms with Crippen LogP contribution in [0.1, 0.15) is 44.0 Å². The number of nitrogens with one attached hydrogen (secondary N) is 1. The summed E-state index contributed by atoms with van der Waals surface area (Å²) in [5.74, 6) is -0.791. The molecule has 5 rings (SSSR count). The molecule has 0 saturated carbocycles. The van der Waals surface area contributed by atoms with E-state index in [0.717, 1.165) is 33.1 Å². The van der Waals surface area contributed by atoms with Crippen LogP contribution in [0.25, 0.3) is 5.69 Å². The predicted molar refractivity (Wildman–Crippen MR) is 148 cm³/mol. The first-order valence-electron chi connectivity index (χ1n) is 12.4. The number of hydrogen-bond acceptors (Lipinski definition) is 3. The number of amides is 3. The van der Waals surface area contributed by atoms with Crippen LogP contribution in [-0.2, 0) is 10.3 Å². The van der Waals surface area contributed by atoms with E-state index in [4.69, 9.17) is 11.6 Å². The van der Waals surface area contributed by atoms with E-state index in [1.807, 2.05) is 92.9 Å². The number of aromatic nitrogens is 1. The Morgan fingerprint density at radius 3 is 1.87 bits per heavy atom. The van der Waals surface area contributed by atoms with Crippen LogP contribution < -0.4 is 5.32 Å². The molecule has 1 saturated heterocycles. The van der Waals surface area contributed by atoms with Crippen LogP contribution in [0, 0.1) is 27.7 Å². The van der Waals surface area contributed by atoms with Crippen molar-refractivity contribution in [3.05, 3.63) is 123 Å². The summed E-state index contributed by atoms with van der Waals surface area (Å²) in [6, 6.07) is 23.5. The lowest BCUT2D eigenvalue weighted by Crippen LogP contribution is -2.45. The molecule has 0 atom stereocenters. The molecule has 3 aromatic carbocycles. The molecule has 1 fully saturated rings. The lowest BCUT2D eigenvalue weighted by molar-refractivity contribution is -0.129. The van der Waals surface area contributed by atoms with Crippen molar-refractivity contribution >= 4 is 29.3 Å². The number of aryl methyl sites for hydroxylation is 3. The van der Waals surface area contributed by atoms with Gasteiger partial charge in [0.15, 0.2) is 11.3 Å². The third-order valence-electron chi connectivity index (χ3n) is 7.19. The molecule has 192 valence electrons. The highest BCUT2D eigenvalue weighted by molar-refractivity contribution is 6.30. The van der Waals surface area contributed by atoms with E-state index in [-0.39, 0.29) is 12.3 Å². The Balaban J connectivity index is 1.50. The number of hydrogen-bond donors (Lipinski definition) is 1. The van der Waals surface area contributed by atoms with Gasteiger partial charge in [0.1, 0.15) is 0 Å². The molecule has 3 amide bonds. The Kier molecular flexibility index (Phi) is 6.45. The zero-order chi connectivity index (χ0) is 27.2. The molecule has 4 aromatic rings. The van der Waals surface area contributed by atoms with Crippen molar-refractivity contribution in [2.75, 3.05) is 6.54 Å². The van der Waals surface area contributed by atoms with E-state index < -0.39 is 17.5 Å². The first-order chi connectivity index (χ1) is 18.1. The third kappa shape index (κ3) is 4.21. The van der Waals surface area contributed by atoms with E-state index in [0.29, 0.717) is 21.7 Å². The van der Waals surface area contributed by atoms with Gasteiger partial charge in [-0.1, -0.05) is 71.3 Å². The Morgan fingerprint density at radius 2 is 1.34 bits per heavy atom. The number of carbonyl (C=O) groups is 3. The van der Waals surface area contributed by atoms with Gasteiger partial charge >= 0.3 is 6.03 Å². The maximum absolute atomic E-state index is 14.1. The molecule has 6 nitrogen and oxygen atoms in total. The second-order valence-corrected chi connectivity index (χ2v) is 10.3. The summed E-state index contributed by atoms with van der Waals surface area (Å²) in [7, 11) is 0. The first-order valence-corrected chi connectivity index (χ1v) is 12.8. The molecular formula is C31H28ClN3O3. The maximum Gasteiger partial charge on any atom is 0.325 e. The highest BCUT2D eigenvalue weighted by Gasteiger charge is 2.54. The standard InChI is InChI=1S/C31H28ClN3O3/c1-19-5-9-23(10-6-19)31(24-11-7-20(2)8-12-24)29(37)34(30(38)33-31)18-28(36)27-17-21(3)35(22(27)4)26-15-13-25(32)14-16-26/h5-17H,18H2,1-4H3,(H,33,38). The molecule has 0 radical (unpaired) electrons. The van der Waals surface area contributed by atoms with E-state index in [1.54, 1.807) is 18.2 Å². The Labute approximate surface area is 226 Å². The van der Waals surface area contributed by atoms with E-state index in [2.05, 4.69) is 5.32 Å². The minimum atomic E-state index is -1.42. The minimum Gasteiger partial charge on any atom is -0.318 e. The fourth-order valence-electron chi connectivity index (χ4n) is 5.15. The van der Waals surface area contributed by atoms with E-state index in [1.165, 1.54) is 0 Å². The second-order valence-electron chi connectivity index (χ2n) is 9.82. The summed E-state index contributed by atoms with van der Waals surface area (Å²) >= 11 is 6.05. The lowest BCUT2D eigenvalue weighted by atomic mass is 9.82. The quantitative estimate of drug-likeness (QED) is 0.246. The molecule has 1 aromatic heterocycles. The number of urea groups is 1. The fourth-order valence-corrected chi connectivity index (χ4v) is 5.27. The maximum atomic E-state index is 14.1. The molecule has 1 aliphatic rings. The van der Waals surface area contributed by atoms with Gasteiger partial charge < -0.3 is 9.88 Å². The van der Waals surface area contributed by atoms with Crippen molar-refractivity contribution in [1.82, 2.24) is 14.8 Å². The summed E-state index contributed by atoms with van der Waals surface area (Å²) < 4.78 is 1.96. The Morgan fingerprint density at radius 1 is 0.816 bits per heavy atom. The van der Waals surface area contributed by atoms with Gasteiger partial charge in [0.05, 0.1) is 6.54 Å². The van der Waals surface area contributed by atoms with Crippen LogP contribution in [-0.4, -0.2) is 33.7 Å². The van der Waals surface area contributed by atoms with Gasteiger partial charge in [0.2, 0.25) is 0 Å². The molecule has 7 heteroatoms. The highest BCUT2D eigenvalue weighted by atomic mass is 35.5. The molecule has 1 N–H and O–H groups in total. The number of halogens is 1. The molecule has 38 heavy (non-hydrogen) atoms. The van der Waals surface area contributed by atoms with Gasteiger partial charge in [-0.15, -0.1) is 0 Å². The average Bonchev–Trinajstić information content (AvgIpc) is 3.33. The van der Waals surface area contributed by atoms with E-state index >= 15 is 0 Å². The number of rotatable bonds is 6. The number of carbonyl (C=O) groups excluding carboxylic acids is 3. The minimum absolute atomic E-state index is 0.314. The van der Waals surface area contributed by atoms with E-state index in [9.17, 15) is 14.4 Å². The number of ketones is 1. The number of nitrogens with zero attached hydrogens (tertiary/aromatic N) is 2. The lowest BCUT2D eigenvalue weighted by Gasteiger charge is -2.28. The second kappa shape index (κ2) is 9.62. The normalized spacial score (nSPS) is 14.6. The molecular weight excluding hydrogens is 498 g/mol. The van der Waals surface area contributed by atoms with Crippen LogP contribution in [0.4, 0.5) is 4.79 Å². The van der Waals surface area contributed by atoms with Crippen molar-refractivity contribution in [3.63, 3.8) is 0 Å². The van der Waals surface area contributed by atoms with Crippen molar-refractivity contribution in [3.8, 4) is 5.69 Å². The molecule has 0 spiro atoms. The van der Waals surface area contributed by atoms with Crippen molar-refractivity contribution in [1.29, 1.82) is 0 Å². The predicted octanol–water partition coefficient (Wildman–Crippen LogP) is 6.04. The molecule has 0 unspecified atom stereocenters. The van der Waals surface area contributed by atoms with Crippen LogP contribution in [0.5, 0.6) is 0 Å². The monoisotopic (exact) mass is 525 g/mol. The smallest absolute Gasteiger partial charge is 0.318 e. The fraction of sp³-hybridized carbons (Fsp3) is 0.194. The molecule has 0 bridgehead atoms. The number of benzene rings is 3. The average molecular weight is 526 g/mol. The Bertz CT molecular complexity index is 1510. The zero-order valence-electron chi connectivity index (χ0n) is 21.7. The van der Waals surface area contributed by atoms with Gasteiger partial charge in [-0.25, -0.2) is 4.79 Å². The number of Topliss-reactive ketones (excluding diaryl/α,β-unsaturated/α-hetero) is 1. The summed E-state index contributed by atoms with van der Waals surface area (Å²) in [4.78, 5) is 41.9. The topological polar surface area (TPSA) is 71.4 Å². The van der Waals surface area contributed by atoms with Gasteiger partial charge in [-0.3, -0.25) is 14.5 Å². The third-order valence-corrected chi connectivity index (χ3v) is 7.44. The summed E-state index contributed by atoms with van der Waals surface area (Å²) in [5.41, 5.74) is 4.85. The highest BCUT2D eigenvalue weighted by Crippen LogP contribution is 2.36. The summed E-state index contributed by atoms with van der Waals surface area (Å²) in [6.45, 7) is 7.32. The summed E-state index contributed by atoms with van der Waals surface area (Å²) in [5, 5.41) is 3.55. The molecule has 0 aliphatic carbocycles. The van der Waals surface area contributed by atoms with Gasteiger partial charge in [-0.05, 0) is 69.2 Å². The first kappa shape index (κ1) is 25.5. The van der Waals surface area contributed by atoms with Gasteiger partial charge in [0.25, 0.3) is 5.91 Å². The zero-order valence-corrected chi connectivity index (χ0v) is 22.5. The van der Waals surface area contributed by atoms with Crippen LogP contribution in [0.3, 0.4) is 0 Å². The van der Waals surface area contributed by atoms with Crippen LogP contribution in [0.15, 0.2) is 78.9 Å².